The van der Waals surface area contributed by atoms with Crippen LogP contribution < -0.4 is 0 Å². The lowest BCUT2D eigenvalue weighted by molar-refractivity contribution is -0.136. The molecule has 1 N–H and O–H groups in total. The third-order valence-corrected chi connectivity index (χ3v) is 5.63. The monoisotopic (exact) mass is 353 g/mol. The van der Waals surface area contributed by atoms with Crippen molar-refractivity contribution in [2.24, 2.45) is 11.3 Å². The molecular weight excluding hydrogens is 330 g/mol. The van der Waals surface area contributed by atoms with Gasteiger partial charge in [0.1, 0.15) is 0 Å². The van der Waals surface area contributed by atoms with E-state index in [2.05, 4.69) is 5.10 Å². The first-order valence-electron chi connectivity index (χ1n) is 9.15. The Kier molecular flexibility index (Phi) is 4.26. The smallest absolute Gasteiger partial charge is 0.335 e. The molecule has 1 saturated carbocycles. The molecule has 1 saturated heterocycles. The van der Waals surface area contributed by atoms with E-state index in [-0.39, 0.29) is 11.3 Å². The second kappa shape index (κ2) is 6.59. The number of aromatic nitrogens is 2. The Morgan fingerprint density at radius 1 is 1.23 bits per heavy atom. The standard InChI is InChI=1S/C20H23N3O3/c24-18(25)17-4-2-15(3-5-17)12-16-6-11-22(13-16)19(26)20(7-8-20)14-23-10-1-9-21-23/h1-5,9-10,16H,6-8,11-14H2,(H,24,25). The molecular formula is C20H23N3O3. The van der Waals surface area contributed by atoms with Crippen LogP contribution in [0, 0.1) is 11.3 Å². The molecule has 0 bridgehead atoms. The van der Waals surface area contributed by atoms with Gasteiger partial charge in [-0.25, -0.2) is 4.79 Å². The molecule has 0 spiro atoms. The van der Waals surface area contributed by atoms with Gasteiger partial charge >= 0.3 is 5.97 Å². The van der Waals surface area contributed by atoms with E-state index >= 15 is 0 Å². The predicted octanol–water partition coefficient (Wildman–Crippen LogP) is 2.45. The fraction of sp³-hybridized carbons (Fsp3) is 0.450. The Hall–Kier alpha value is -2.63. The van der Waals surface area contributed by atoms with Crippen LogP contribution in [0.4, 0.5) is 0 Å². The van der Waals surface area contributed by atoms with Gasteiger partial charge in [-0.05, 0) is 55.4 Å². The largest absolute Gasteiger partial charge is 0.478 e. The number of nitrogens with zero attached hydrogens (tertiary/aromatic N) is 3. The van der Waals surface area contributed by atoms with Crippen molar-refractivity contribution >= 4 is 11.9 Å². The highest BCUT2D eigenvalue weighted by Crippen LogP contribution is 2.49. The second-order valence-electron chi connectivity index (χ2n) is 7.60. The zero-order valence-corrected chi connectivity index (χ0v) is 14.7. The number of rotatable bonds is 6. The maximum Gasteiger partial charge on any atom is 0.335 e. The minimum atomic E-state index is -0.902. The van der Waals surface area contributed by atoms with Crippen molar-refractivity contribution in [2.45, 2.75) is 32.2 Å². The van der Waals surface area contributed by atoms with Crippen LogP contribution >= 0.6 is 0 Å². The molecule has 1 unspecified atom stereocenters. The highest BCUT2D eigenvalue weighted by Gasteiger charge is 2.52. The van der Waals surface area contributed by atoms with Crippen LogP contribution in [0.1, 0.15) is 35.2 Å². The van der Waals surface area contributed by atoms with Gasteiger partial charge < -0.3 is 10.0 Å². The van der Waals surface area contributed by atoms with Crippen LogP contribution in [-0.4, -0.2) is 44.8 Å². The van der Waals surface area contributed by atoms with Gasteiger partial charge in [0.2, 0.25) is 5.91 Å². The van der Waals surface area contributed by atoms with Crippen molar-refractivity contribution in [3.05, 3.63) is 53.9 Å². The van der Waals surface area contributed by atoms with Gasteiger partial charge in [0.05, 0.1) is 17.5 Å². The van der Waals surface area contributed by atoms with Gasteiger partial charge in [-0.3, -0.25) is 9.48 Å². The third-order valence-electron chi connectivity index (χ3n) is 5.63. The lowest BCUT2D eigenvalue weighted by atomic mass is 9.98. The molecule has 1 amide bonds. The minimum absolute atomic E-state index is 0.246. The summed E-state index contributed by atoms with van der Waals surface area (Å²) in [5, 5.41) is 13.2. The maximum absolute atomic E-state index is 13.0. The number of carbonyl (C=O) groups is 2. The summed E-state index contributed by atoms with van der Waals surface area (Å²) in [5.74, 6) is -0.187. The third kappa shape index (κ3) is 3.36. The first-order valence-corrected chi connectivity index (χ1v) is 9.15. The van der Waals surface area contributed by atoms with E-state index in [1.54, 1.807) is 18.3 Å². The van der Waals surface area contributed by atoms with E-state index in [1.807, 2.05) is 34.0 Å². The van der Waals surface area contributed by atoms with E-state index in [4.69, 9.17) is 5.11 Å². The Morgan fingerprint density at radius 2 is 2.00 bits per heavy atom. The normalized spacial score (nSPS) is 20.9. The van der Waals surface area contributed by atoms with Gasteiger partial charge in [0.15, 0.2) is 0 Å². The fourth-order valence-electron chi connectivity index (χ4n) is 3.93. The molecule has 6 heteroatoms. The van der Waals surface area contributed by atoms with Crippen LogP contribution in [0.5, 0.6) is 0 Å². The van der Waals surface area contributed by atoms with Crippen molar-refractivity contribution < 1.29 is 14.7 Å². The van der Waals surface area contributed by atoms with Crippen molar-refractivity contribution in [1.29, 1.82) is 0 Å². The summed E-state index contributed by atoms with van der Waals surface area (Å²) in [6, 6.07) is 8.96. The lowest BCUT2D eigenvalue weighted by Crippen LogP contribution is -2.37. The Morgan fingerprint density at radius 3 is 2.62 bits per heavy atom. The molecule has 1 aliphatic carbocycles. The number of likely N-dealkylation sites (tertiary alicyclic amines) is 1. The molecule has 1 aromatic carbocycles. The highest BCUT2D eigenvalue weighted by atomic mass is 16.4. The van der Waals surface area contributed by atoms with Crippen LogP contribution in [0.15, 0.2) is 42.7 Å². The SMILES string of the molecule is O=C(O)c1ccc(CC2CCN(C(=O)C3(Cn4cccn4)CC3)C2)cc1. The van der Waals surface area contributed by atoms with Crippen molar-refractivity contribution in [1.82, 2.24) is 14.7 Å². The van der Waals surface area contributed by atoms with Gasteiger partial charge in [-0.2, -0.15) is 5.10 Å². The van der Waals surface area contributed by atoms with Gasteiger partial charge in [0, 0.05) is 25.5 Å². The summed E-state index contributed by atoms with van der Waals surface area (Å²) in [6.07, 6.45) is 7.45. The molecule has 1 atom stereocenters. The van der Waals surface area contributed by atoms with Gasteiger partial charge in [-0.15, -0.1) is 0 Å². The summed E-state index contributed by atoms with van der Waals surface area (Å²) < 4.78 is 1.86. The predicted molar refractivity (Wildman–Crippen MR) is 95.7 cm³/mol. The Balaban J connectivity index is 1.34. The molecule has 6 nitrogen and oxygen atoms in total. The number of hydrogen-bond acceptors (Lipinski definition) is 3. The summed E-state index contributed by atoms with van der Waals surface area (Å²) in [4.78, 5) is 26.0. The first-order chi connectivity index (χ1) is 12.6. The number of aromatic carboxylic acids is 1. The lowest BCUT2D eigenvalue weighted by Gasteiger charge is -2.23. The van der Waals surface area contributed by atoms with E-state index in [1.165, 1.54) is 0 Å². The molecule has 4 rings (SSSR count). The van der Waals surface area contributed by atoms with E-state index < -0.39 is 5.97 Å². The maximum atomic E-state index is 13.0. The van der Waals surface area contributed by atoms with Crippen LogP contribution in [0.3, 0.4) is 0 Å². The molecule has 0 radical (unpaired) electrons. The zero-order chi connectivity index (χ0) is 18.1. The highest BCUT2D eigenvalue weighted by molar-refractivity contribution is 5.87. The number of benzene rings is 1. The van der Waals surface area contributed by atoms with Crippen LogP contribution in [0.25, 0.3) is 0 Å². The van der Waals surface area contributed by atoms with Crippen LogP contribution in [-0.2, 0) is 17.8 Å². The fourth-order valence-corrected chi connectivity index (χ4v) is 3.93. The molecule has 2 aromatic rings. The summed E-state index contributed by atoms with van der Waals surface area (Å²) in [6.45, 7) is 2.29. The minimum Gasteiger partial charge on any atom is -0.478 e. The van der Waals surface area contributed by atoms with Crippen molar-refractivity contribution in [2.75, 3.05) is 13.1 Å². The molecule has 2 heterocycles. The average Bonchev–Trinajstić information content (AvgIpc) is 3.02. The van der Waals surface area contributed by atoms with Crippen molar-refractivity contribution in [3.8, 4) is 0 Å². The number of carbonyl (C=O) groups excluding carboxylic acids is 1. The number of hydrogen-bond donors (Lipinski definition) is 1. The molecule has 26 heavy (non-hydrogen) atoms. The number of carboxylic acids is 1. The Labute approximate surface area is 152 Å². The van der Waals surface area contributed by atoms with E-state index in [0.29, 0.717) is 18.0 Å². The zero-order valence-electron chi connectivity index (χ0n) is 14.7. The van der Waals surface area contributed by atoms with Gasteiger partial charge in [0.25, 0.3) is 0 Å². The van der Waals surface area contributed by atoms with Crippen molar-refractivity contribution in [3.63, 3.8) is 0 Å². The summed E-state index contributed by atoms with van der Waals surface area (Å²) in [5.41, 5.74) is 1.20. The average molecular weight is 353 g/mol. The Bertz CT molecular complexity index is 794. The summed E-state index contributed by atoms with van der Waals surface area (Å²) >= 11 is 0. The first kappa shape index (κ1) is 16.8. The van der Waals surface area contributed by atoms with E-state index in [0.717, 1.165) is 44.3 Å². The number of amides is 1. The second-order valence-corrected chi connectivity index (χ2v) is 7.60. The topological polar surface area (TPSA) is 75.4 Å². The number of carboxylic acid groups (broad SMARTS) is 1. The molecule has 1 aliphatic heterocycles. The molecule has 2 aliphatic rings. The summed E-state index contributed by atoms with van der Waals surface area (Å²) in [7, 11) is 0. The van der Waals surface area contributed by atoms with Crippen LogP contribution in [0.2, 0.25) is 0 Å². The van der Waals surface area contributed by atoms with Gasteiger partial charge in [-0.1, -0.05) is 12.1 Å². The molecule has 2 fully saturated rings. The quantitative estimate of drug-likeness (QED) is 0.865. The van der Waals surface area contributed by atoms with E-state index in [9.17, 15) is 9.59 Å². The molecule has 1 aromatic heterocycles. The molecule has 136 valence electrons.